The molecule has 5 nitrogen and oxygen atoms in total. The molecule has 2 aromatic rings. The summed E-state index contributed by atoms with van der Waals surface area (Å²) >= 11 is 0. The Hall–Kier alpha value is -2.69. The van der Waals surface area contributed by atoms with Crippen LogP contribution in [0.25, 0.3) is 0 Å². The first-order valence-corrected chi connectivity index (χ1v) is 5.70. The quantitative estimate of drug-likeness (QED) is 0.469. The Morgan fingerprint density at radius 1 is 1.11 bits per heavy atom. The summed E-state index contributed by atoms with van der Waals surface area (Å²) in [5.41, 5.74) is 1.41. The largest absolute Gasteiger partial charge is 0.391 e. The first kappa shape index (κ1) is 12.8. The number of nitro groups is 1. The van der Waals surface area contributed by atoms with E-state index in [1.807, 2.05) is 30.3 Å². The second-order valence-electron chi connectivity index (χ2n) is 3.81. The highest BCUT2D eigenvalue weighted by Crippen LogP contribution is 2.15. The molecule has 0 aromatic heterocycles. The number of oxime groups is 1. The molecule has 5 heteroatoms. The number of nitro benzene ring substituents is 1. The van der Waals surface area contributed by atoms with Crippen LogP contribution in [0.3, 0.4) is 0 Å². The zero-order chi connectivity index (χ0) is 13.5. The second-order valence-corrected chi connectivity index (χ2v) is 3.81. The molecule has 0 radical (unpaired) electrons. The third-order valence-corrected chi connectivity index (χ3v) is 2.47. The molecule has 0 N–H and O–H groups in total. The van der Waals surface area contributed by atoms with Crippen LogP contribution in [0.4, 0.5) is 5.69 Å². The minimum Gasteiger partial charge on any atom is -0.391 e. The number of benzene rings is 2. The van der Waals surface area contributed by atoms with E-state index in [1.54, 1.807) is 18.2 Å². The molecular weight excluding hydrogens is 244 g/mol. The predicted molar refractivity (Wildman–Crippen MR) is 71.9 cm³/mol. The van der Waals surface area contributed by atoms with Crippen LogP contribution in [-0.2, 0) is 11.4 Å². The van der Waals surface area contributed by atoms with Gasteiger partial charge in [0.1, 0.15) is 6.61 Å². The summed E-state index contributed by atoms with van der Waals surface area (Å²) in [5, 5.41) is 14.5. The second kappa shape index (κ2) is 6.30. The van der Waals surface area contributed by atoms with Gasteiger partial charge in [0.25, 0.3) is 5.69 Å². The Morgan fingerprint density at radius 3 is 2.53 bits per heavy atom. The van der Waals surface area contributed by atoms with Gasteiger partial charge in [0.15, 0.2) is 0 Å². The zero-order valence-corrected chi connectivity index (χ0v) is 10.1. The molecule has 0 heterocycles. The maximum Gasteiger partial charge on any atom is 0.278 e. The Bertz CT molecular complexity index is 582. The molecule has 0 saturated carbocycles. The van der Waals surface area contributed by atoms with Gasteiger partial charge in [0.2, 0.25) is 0 Å². The topological polar surface area (TPSA) is 64.7 Å². The van der Waals surface area contributed by atoms with Gasteiger partial charge in [-0.25, -0.2) is 0 Å². The molecule has 0 amide bonds. The van der Waals surface area contributed by atoms with Crippen molar-refractivity contribution in [1.29, 1.82) is 0 Å². The van der Waals surface area contributed by atoms with Crippen molar-refractivity contribution in [2.75, 3.05) is 0 Å². The van der Waals surface area contributed by atoms with Crippen LogP contribution in [0, 0.1) is 10.1 Å². The van der Waals surface area contributed by atoms with Crippen LogP contribution in [0.15, 0.2) is 59.8 Å². The molecule has 2 aromatic carbocycles. The van der Waals surface area contributed by atoms with Crippen molar-refractivity contribution in [3.63, 3.8) is 0 Å². The SMILES string of the molecule is O=[N+]([O-])c1ccccc1C=NOCc1ccccc1. The lowest BCUT2D eigenvalue weighted by Crippen LogP contribution is -1.94. The van der Waals surface area contributed by atoms with E-state index >= 15 is 0 Å². The number of hydrogen-bond acceptors (Lipinski definition) is 4. The zero-order valence-electron chi connectivity index (χ0n) is 10.1. The third-order valence-electron chi connectivity index (χ3n) is 2.47. The monoisotopic (exact) mass is 256 g/mol. The van der Waals surface area contributed by atoms with Crippen LogP contribution in [0.1, 0.15) is 11.1 Å². The van der Waals surface area contributed by atoms with Gasteiger partial charge >= 0.3 is 0 Å². The predicted octanol–water partition coefficient (Wildman–Crippen LogP) is 3.15. The molecule has 2 rings (SSSR count). The summed E-state index contributed by atoms with van der Waals surface area (Å²) in [6.45, 7) is 0.331. The van der Waals surface area contributed by atoms with Crippen molar-refractivity contribution in [3.05, 3.63) is 75.8 Å². The highest BCUT2D eigenvalue weighted by molar-refractivity contribution is 5.84. The van der Waals surface area contributed by atoms with Crippen molar-refractivity contribution < 1.29 is 9.76 Å². The minimum atomic E-state index is -0.446. The maximum absolute atomic E-state index is 10.8. The molecule has 0 fully saturated rings. The van der Waals surface area contributed by atoms with E-state index in [9.17, 15) is 10.1 Å². The molecular formula is C14H12N2O3. The molecule has 0 aliphatic heterocycles. The average molecular weight is 256 g/mol. The Morgan fingerprint density at radius 2 is 1.79 bits per heavy atom. The van der Waals surface area contributed by atoms with E-state index in [0.717, 1.165) is 5.56 Å². The van der Waals surface area contributed by atoms with Crippen molar-refractivity contribution in [3.8, 4) is 0 Å². The molecule has 0 unspecified atom stereocenters. The normalized spacial score (nSPS) is 10.5. The van der Waals surface area contributed by atoms with Gasteiger partial charge in [0.05, 0.1) is 16.7 Å². The number of para-hydroxylation sites is 1. The van der Waals surface area contributed by atoms with Crippen molar-refractivity contribution >= 4 is 11.9 Å². The van der Waals surface area contributed by atoms with Crippen LogP contribution in [0.2, 0.25) is 0 Å². The first-order chi connectivity index (χ1) is 9.27. The van der Waals surface area contributed by atoms with Gasteiger partial charge < -0.3 is 4.84 Å². The van der Waals surface area contributed by atoms with Gasteiger partial charge in [0, 0.05) is 6.07 Å². The molecule has 19 heavy (non-hydrogen) atoms. The molecule has 0 spiro atoms. The van der Waals surface area contributed by atoms with Gasteiger partial charge in [-0.3, -0.25) is 10.1 Å². The van der Waals surface area contributed by atoms with Crippen LogP contribution in [0.5, 0.6) is 0 Å². The van der Waals surface area contributed by atoms with Crippen molar-refractivity contribution in [2.24, 2.45) is 5.16 Å². The summed E-state index contributed by atoms with van der Waals surface area (Å²) in [7, 11) is 0. The fourth-order valence-corrected chi connectivity index (χ4v) is 1.54. The van der Waals surface area contributed by atoms with Crippen LogP contribution < -0.4 is 0 Å². The van der Waals surface area contributed by atoms with E-state index in [4.69, 9.17) is 4.84 Å². The maximum atomic E-state index is 10.8. The summed E-state index contributed by atoms with van der Waals surface area (Å²) in [5.74, 6) is 0. The van der Waals surface area contributed by atoms with Crippen molar-refractivity contribution in [2.45, 2.75) is 6.61 Å². The van der Waals surface area contributed by atoms with Gasteiger partial charge in [-0.2, -0.15) is 0 Å². The molecule has 0 aliphatic rings. The molecule has 0 aliphatic carbocycles. The minimum absolute atomic E-state index is 0.00885. The van der Waals surface area contributed by atoms with Crippen LogP contribution in [-0.4, -0.2) is 11.1 Å². The van der Waals surface area contributed by atoms with Gasteiger partial charge in [-0.15, -0.1) is 0 Å². The number of nitrogens with zero attached hydrogens (tertiary/aromatic N) is 2. The molecule has 0 bridgehead atoms. The lowest BCUT2D eigenvalue weighted by Gasteiger charge is -1.99. The van der Waals surface area contributed by atoms with E-state index in [0.29, 0.717) is 12.2 Å². The lowest BCUT2D eigenvalue weighted by atomic mass is 10.2. The lowest BCUT2D eigenvalue weighted by molar-refractivity contribution is -0.385. The summed E-state index contributed by atoms with van der Waals surface area (Å²) < 4.78 is 0. The Labute approximate surface area is 110 Å². The average Bonchev–Trinajstić information content (AvgIpc) is 2.45. The first-order valence-electron chi connectivity index (χ1n) is 5.70. The van der Waals surface area contributed by atoms with Gasteiger partial charge in [-0.05, 0) is 11.6 Å². The summed E-state index contributed by atoms with van der Waals surface area (Å²) in [6.07, 6.45) is 1.35. The summed E-state index contributed by atoms with van der Waals surface area (Å²) in [6, 6.07) is 15.9. The molecule has 0 saturated heterocycles. The standard InChI is InChI=1S/C14H12N2O3/c17-16(18)14-9-5-4-8-13(14)10-15-19-11-12-6-2-1-3-7-12/h1-10H,11H2. The fraction of sp³-hybridized carbons (Fsp3) is 0.0714. The fourth-order valence-electron chi connectivity index (χ4n) is 1.54. The summed E-state index contributed by atoms with van der Waals surface area (Å²) in [4.78, 5) is 15.4. The Balaban J connectivity index is 1.98. The van der Waals surface area contributed by atoms with Gasteiger partial charge in [-0.1, -0.05) is 47.6 Å². The van der Waals surface area contributed by atoms with Crippen LogP contribution >= 0.6 is 0 Å². The third kappa shape index (κ3) is 3.64. The number of rotatable bonds is 5. The van der Waals surface area contributed by atoms with Crippen molar-refractivity contribution in [1.82, 2.24) is 0 Å². The number of hydrogen-bond donors (Lipinski definition) is 0. The molecule has 96 valence electrons. The Kier molecular flexibility index (Phi) is 4.23. The van der Waals surface area contributed by atoms with E-state index in [1.165, 1.54) is 12.3 Å². The van der Waals surface area contributed by atoms with E-state index < -0.39 is 4.92 Å². The highest BCUT2D eigenvalue weighted by Gasteiger charge is 2.09. The highest BCUT2D eigenvalue weighted by atomic mass is 16.6. The van der Waals surface area contributed by atoms with E-state index in [2.05, 4.69) is 5.16 Å². The molecule has 0 atom stereocenters. The smallest absolute Gasteiger partial charge is 0.278 e. The van der Waals surface area contributed by atoms with E-state index in [-0.39, 0.29) is 5.69 Å².